The number of anilines is 1. The zero-order valence-corrected chi connectivity index (χ0v) is 28.8. The van der Waals surface area contributed by atoms with Crippen LogP contribution in [-0.2, 0) is 35.5 Å². The fourth-order valence-electron chi connectivity index (χ4n) is 5.62. The second kappa shape index (κ2) is 13.1. The van der Waals surface area contributed by atoms with E-state index in [1.807, 2.05) is 0 Å². The van der Waals surface area contributed by atoms with Gasteiger partial charge in [-0.25, -0.2) is 13.2 Å². The highest BCUT2D eigenvalue weighted by molar-refractivity contribution is 7.89. The molecule has 17 heteroatoms. The molecular formula is C30H28Cl4N4O8S. The molecule has 0 aliphatic carbocycles. The van der Waals surface area contributed by atoms with Crippen molar-refractivity contribution in [1.82, 2.24) is 14.6 Å². The zero-order chi connectivity index (χ0) is 34.5. The summed E-state index contributed by atoms with van der Waals surface area (Å²) in [6, 6.07) is 8.50. The highest BCUT2D eigenvalue weighted by Gasteiger charge is 2.66. The largest absolute Gasteiger partial charge is 0.480 e. The Morgan fingerprint density at radius 3 is 2.17 bits per heavy atom. The number of ether oxygens (including phenoxy) is 2. The number of hydrogen-bond acceptors (Lipinski definition) is 8. The van der Waals surface area contributed by atoms with Gasteiger partial charge in [-0.1, -0.05) is 58.5 Å². The van der Waals surface area contributed by atoms with Gasteiger partial charge >= 0.3 is 5.97 Å². The van der Waals surface area contributed by atoms with E-state index in [9.17, 15) is 27.9 Å². The van der Waals surface area contributed by atoms with Crippen LogP contribution in [0.25, 0.3) is 0 Å². The van der Waals surface area contributed by atoms with Crippen molar-refractivity contribution in [3.63, 3.8) is 0 Å². The molecule has 47 heavy (non-hydrogen) atoms. The van der Waals surface area contributed by atoms with Crippen LogP contribution in [-0.4, -0.2) is 76.7 Å². The first-order valence-electron chi connectivity index (χ1n) is 14.0. The van der Waals surface area contributed by atoms with Crippen LogP contribution in [0, 0.1) is 0 Å². The third-order valence-electron chi connectivity index (χ3n) is 7.82. The third-order valence-corrected chi connectivity index (χ3v) is 10.8. The number of nitrogens with one attached hydrogen (secondary N) is 2. The van der Waals surface area contributed by atoms with Crippen LogP contribution in [0.2, 0.25) is 20.1 Å². The van der Waals surface area contributed by atoms with E-state index in [1.165, 1.54) is 49.6 Å². The molecule has 4 unspecified atom stereocenters. The van der Waals surface area contributed by atoms with E-state index in [1.54, 1.807) is 26.0 Å². The Balaban J connectivity index is 1.38. The maximum atomic E-state index is 14.1. The minimum absolute atomic E-state index is 0.0401. The van der Waals surface area contributed by atoms with Gasteiger partial charge in [0.05, 0.1) is 20.5 Å². The van der Waals surface area contributed by atoms with Gasteiger partial charge in [0.15, 0.2) is 5.79 Å². The molecule has 2 aromatic carbocycles. The van der Waals surface area contributed by atoms with Gasteiger partial charge in [0.2, 0.25) is 15.9 Å². The fraction of sp³-hybridized carbons (Fsp3) is 0.333. The molecule has 3 aromatic rings. The van der Waals surface area contributed by atoms with Gasteiger partial charge in [-0.3, -0.25) is 14.6 Å². The summed E-state index contributed by atoms with van der Waals surface area (Å²) in [4.78, 5) is 42.7. The highest BCUT2D eigenvalue weighted by Crippen LogP contribution is 2.45. The molecule has 4 atom stereocenters. The highest BCUT2D eigenvalue weighted by atomic mass is 35.5. The fourth-order valence-corrected chi connectivity index (χ4v) is 8.65. The predicted molar refractivity (Wildman–Crippen MR) is 175 cm³/mol. The van der Waals surface area contributed by atoms with Gasteiger partial charge in [0.1, 0.15) is 23.8 Å². The second-order valence-corrected chi connectivity index (χ2v) is 15.1. The molecular weight excluding hydrogens is 718 g/mol. The number of carboxylic acid groups (broad SMARTS) is 1. The van der Waals surface area contributed by atoms with Crippen molar-refractivity contribution in [2.24, 2.45) is 0 Å². The maximum absolute atomic E-state index is 14.1. The molecule has 2 fully saturated rings. The molecule has 2 amide bonds. The summed E-state index contributed by atoms with van der Waals surface area (Å²) in [5.41, 5.74) is -1.04. The Bertz CT molecular complexity index is 1820. The number of aliphatic carboxylic acids is 1. The van der Waals surface area contributed by atoms with Gasteiger partial charge in [-0.2, -0.15) is 4.31 Å². The van der Waals surface area contributed by atoms with Gasteiger partial charge < -0.3 is 25.2 Å². The summed E-state index contributed by atoms with van der Waals surface area (Å²) >= 11 is 24.3. The van der Waals surface area contributed by atoms with Gasteiger partial charge in [-0.15, -0.1) is 0 Å². The van der Waals surface area contributed by atoms with E-state index >= 15 is 0 Å². The van der Waals surface area contributed by atoms with Crippen LogP contribution >= 0.6 is 46.4 Å². The molecule has 0 spiro atoms. The second-order valence-electron chi connectivity index (χ2n) is 11.6. The number of benzene rings is 2. The van der Waals surface area contributed by atoms with Gasteiger partial charge in [0.25, 0.3) is 5.91 Å². The summed E-state index contributed by atoms with van der Waals surface area (Å²) in [6.45, 7) is 4.36. The lowest BCUT2D eigenvalue weighted by molar-refractivity contribution is -0.170. The lowest BCUT2D eigenvalue weighted by Crippen LogP contribution is -2.63. The number of fused-ring (bicyclic) bond motifs is 1. The molecule has 1 aromatic heterocycles. The average molecular weight is 746 g/mol. The number of amides is 2. The summed E-state index contributed by atoms with van der Waals surface area (Å²) in [5.74, 6) is -3.99. The molecule has 2 aliphatic rings. The first-order chi connectivity index (χ1) is 21.9. The third kappa shape index (κ3) is 7.08. The van der Waals surface area contributed by atoms with Gasteiger partial charge in [-0.05, 0) is 56.7 Å². The molecule has 2 aliphatic heterocycles. The van der Waals surface area contributed by atoms with Crippen molar-refractivity contribution in [2.75, 3.05) is 11.9 Å². The Morgan fingerprint density at radius 2 is 1.60 bits per heavy atom. The van der Waals surface area contributed by atoms with Crippen LogP contribution < -0.4 is 10.6 Å². The number of nitrogens with zero attached hydrogens (tertiary/aromatic N) is 2. The molecule has 0 radical (unpaired) electrons. The first kappa shape index (κ1) is 35.3. The van der Waals surface area contributed by atoms with Crippen molar-refractivity contribution in [3.8, 4) is 0 Å². The van der Waals surface area contributed by atoms with Gasteiger partial charge in [0, 0.05) is 41.1 Å². The van der Waals surface area contributed by atoms with Crippen LogP contribution in [0.1, 0.15) is 36.7 Å². The molecule has 250 valence electrons. The predicted octanol–water partition coefficient (Wildman–Crippen LogP) is 5.04. The summed E-state index contributed by atoms with van der Waals surface area (Å²) in [6.07, 6.45) is 0.467. The molecule has 12 nitrogen and oxygen atoms in total. The van der Waals surface area contributed by atoms with Crippen molar-refractivity contribution >= 4 is 79.9 Å². The van der Waals surface area contributed by atoms with Crippen molar-refractivity contribution < 1.29 is 37.4 Å². The Labute approximate surface area is 290 Å². The van der Waals surface area contributed by atoms with E-state index in [0.29, 0.717) is 11.3 Å². The van der Waals surface area contributed by atoms with Crippen molar-refractivity contribution in [2.45, 2.75) is 61.7 Å². The SMILES string of the molecule is CC1(C)OC2CN(S(=O)(=O)c3cc(Cl)cc(Cl)c3)C(C)(C(=O)NC(Cc3ccc(NC(=O)c4c(Cl)cncc4Cl)cc3)C(=O)O)C2O1. The topological polar surface area (TPSA) is 164 Å². The van der Waals surface area contributed by atoms with Crippen LogP contribution in [0.5, 0.6) is 0 Å². The van der Waals surface area contributed by atoms with Crippen molar-refractivity contribution in [3.05, 3.63) is 86.1 Å². The molecule has 3 N–H and O–H groups in total. The first-order valence-corrected chi connectivity index (χ1v) is 16.9. The number of carboxylic acids is 1. The Hall–Kier alpha value is -3.01. The van der Waals surface area contributed by atoms with Crippen LogP contribution in [0.15, 0.2) is 59.8 Å². The number of sulfonamides is 1. The zero-order valence-electron chi connectivity index (χ0n) is 25.0. The minimum atomic E-state index is -4.43. The Morgan fingerprint density at radius 1 is 1.00 bits per heavy atom. The minimum Gasteiger partial charge on any atom is -0.480 e. The van der Waals surface area contributed by atoms with E-state index in [2.05, 4.69) is 15.6 Å². The standard InChI is InChI=1S/C30H28Cl4N4O8S/c1-29(2)45-23-14-38(47(43,44)19-10-16(31)9-17(32)11-19)30(3,25(23)46-29)28(42)37-22(27(40)41)8-15-4-6-18(7-5-15)36-26(39)24-20(33)12-35-13-21(24)34/h4-7,9-13,22-23,25H,8,14H2,1-3H3,(H,36,39)(H,37,42)(H,40,41). The number of rotatable bonds is 9. The average Bonchev–Trinajstić information content (AvgIpc) is 3.43. The maximum Gasteiger partial charge on any atom is 0.326 e. The van der Waals surface area contributed by atoms with Crippen LogP contribution in [0.3, 0.4) is 0 Å². The molecule has 3 heterocycles. The Kier molecular flexibility index (Phi) is 9.86. The quantitative estimate of drug-likeness (QED) is 0.272. The molecule has 5 rings (SSSR count). The van der Waals surface area contributed by atoms with E-state index in [0.717, 1.165) is 4.31 Å². The lowest BCUT2D eigenvalue weighted by Gasteiger charge is -2.37. The van der Waals surface area contributed by atoms with Crippen molar-refractivity contribution in [1.29, 1.82) is 0 Å². The number of halogens is 4. The number of hydrogen-bond donors (Lipinski definition) is 3. The normalized spacial score (nSPS) is 22.8. The van der Waals surface area contributed by atoms with E-state index in [4.69, 9.17) is 55.9 Å². The molecule has 0 bridgehead atoms. The number of carbonyl (C=O) groups excluding carboxylic acids is 2. The summed E-state index contributed by atoms with van der Waals surface area (Å²) < 4.78 is 40.8. The molecule has 2 saturated heterocycles. The van der Waals surface area contributed by atoms with E-state index in [-0.39, 0.29) is 43.5 Å². The lowest BCUT2D eigenvalue weighted by atomic mass is 9.93. The smallest absolute Gasteiger partial charge is 0.326 e. The molecule has 0 saturated carbocycles. The number of aromatic nitrogens is 1. The number of carbonyl (C=O) groups is 3. The summed E-state index contributed by atoms with van der Waals surface area (Å²) in [5, 5.41) is 15.5. The number of pyridine rings is 1. The van der Waals surface area contributed by atoms with Crippen LogP contribution in [0.4, 0.5) is 5.69 Å². The van der Waals surface area contributed by atoms with E-state index < -0.39 is 57.4 Å². The summed E-state index contributed by atoms with van der Waals surface area (Å²) in [7, 11) is -4.43. The monoisotopic (exact) mass is 744 g/mol.